The van der Waals surface area contributed by atoms with E-state index in [-0.39, 0.29) is 52.8 Å². The standard InChI is InChI=1S/C48H76O18/c1-22(2)15-24-16-46(8,57)39-25-9-10-30-44(6)13-12-31(43(4,5)29(44)11-14-45(30,7)47(25)20-48(39,66-24)60-21-47)63-41-38(61-23(3)50)36(27(52)19-59-41)64-42-37(34(55)33(54)28(17-49)62-42)65-40-35(56)32(53)26(51)18-58-40/h15,24-42,49,51-57H,9-14,16-21H2,1-8H3/t24-,25?,26+,27-,28+,29-,30+,31-,32-,33+,34-,35+,36-,37+,38+,39-,40-,41-,42-,44-,45+,46-,47-,48-/m0/s1. The van der Waals surface area contributed by atoms with Crippen molar-refractivity contribution in [1.82, 2.24) is 0 Å². The maximum Gasteiger partial charge on any atom is 0.303 e. The summed E-state index contributed by atoms with van der Waals surface area (Å²) in [6.07, 6.45) is -11.7. The highest BCUT2D eigenvalue weighted by Gasteiger charge is 2.81. The third kappa shape index (κ3) is 7.69. The van der Waals surface area contributed by atoms with Crippen molar-refractivity contribution >= 4 is 5.97 Å². The van der Waals surface area contributed by atoms with Crippen LogP contribution in [0, 0.1) is 45.3 Å². The van der Waals surface area contributed by atoms with Crippen LogP contribution in [0.25, 0.3) is 0 Å². The SMILES string of the molecule is CC(=O)O[C@H]1[C@H](O[C@H]2CC[C@]3(C)[C@H]4CCC5[C@@H]6[C@]7(C[C@@]5(CO7)[C@]4(C)CC[C@H]3C2(C)C)O[C@@H](C=C(C)C)C[C@]6(C)O)OC[C@H](O)[C@@H]1O[C@@H]1O[C@H](CO)[C@@H](O)[C@H](O)[C@H]1O[C@@H]1OC[C@@H](O)[C@H](O)[C@H]1O. The van der Waals surface area contributed by atoms with Gasteiger partial charge in [0.2, 0.25) is 0 Å². The van der Waals surface area contributed by atoms with Gasteiger partial charge in [-0.2, -0.15) is 0 Å². The number of allylic oxidation sites excluding steroid dienone is 1. The molecule has 0 aromatic heterocycles. The van der Waals surface area contributed by atoms with Gasteiger partial charge in [0.15, 0.2) is 30.8 Å². The zero-order chi connectivity index (χ0) is 47.7. The molecule has 18 heteroatoms. The van der Waals surface area contributed by atoms with Crippen molar-refractivity contribution in [3.63, 3.8) is 0 Å². The van der Waals surface area contributed by atoms with Crippen molar-refractivity contribution in [3.8, 4) is 0 Å². The van der Waals surface area contributed by atoms with E-state index in [9.17, 15) is 45.6 Å². The van der Waals surface area contributed by atoms with E-state index in [1.54, 1.807) is 0 Å². The van der Waals surface area contributed by atoms with Crippen LogP contribution >= 0.6 is 0 Å². The number of ether oxygens (including phenoxy) is 9. The molecule has 9 rings (SSSR count). The summed E-state index contributed by atoms with van der Waals surface area (Å²) in [6.45, 7) is 15.9. The van der Waals surface area contributed by atoms with Gasteiger partial charge < -0.3 is 83.5 Å². The Balaban J connectivity index is 0.939. The van der Waals surface area contributed by atoms with Crippen molar-refractivity contribution in [2.75, 3.05) is 26.4 Å². The molecule has 0 radical (unpaired) electrons. The van der Waals surface area contributed by atoms with E-state index in [4.69, 9.17) is 42.6 Å². The monoisotopic (exact) mass is 941 g/mol. The van der Waals surface area contributed by atoms with Crippen molar-refractivity contribution < 1.29 is 88.3 Å². The molecule has 1 unspecified atom stereocenters. The lowest BCUT2D eigenvalue weighted by Crippen LogP contribution is -2.67. The molecule has 8 N–H and O–H groups in total. The molecule has 0 aromatic carbocycles. The van der Waals surface area contributed by atoms with Crippen LogP contribution in [0.1, 0.15) is 107 Å². The quantitative estimate of drug-likeness (QED) is 0.0917. The second kappa shape index (κ2) is 17.4. The average Bonchev–Trinajstić information content (AvgIpc) is 3.76. The third-order valence-electron chi connectivity index (χ3n) is 18.6. The predicted octanol–water partition coefficient (Wildman–Crippen LogP) is 1.18. The normalized spacial score (nSPS) is 55.2. The minimum absolute atomic E-state index is 0.0610. The number of hydrogen-bond acceptors (Lipinski definition) is 18. The molecule has 4 aliphatic carbocycles. The molecular weight excluding hydrogens is 865 g/mol. The summed E-state index contributed by atoms with van der Waals surface area (Å²) in [4.78, 5) is 12.8. The van der Waals surface area contributed by atoms with Gasteiger partial charge in [-0.15, -0.1) is 0 Å². The van der Waals surface area contributed by atoms with Crippen LogP contribution in [0.5, 0.6) is 0 Å². The van der Waals surface area contributed by atoms with Gasteiger partial charge in [0, 0.05) is 31.1 Å². The molecule has 5 aliphatic heterocycles. The van der Waals surface area contributed by atoms with Crippen LogP contribution in [0.4, 0.5) is 0 Å². The molecule has 24 atom stereocenters. The van der Waals surface area contributed by atoms with Crippen LogP contribution in [0.2, 0.25) is 0 Å². The van der Waals surface area contributed by atoms with Crippen LogP contribution in [-0.4, -0.2) is 177 Å². The molecule has 0 amide bonds. The van der Waals surface area contributed by atoms with Crippen LogP contribution in [0.15, 0.2) is 11.6 Å². The van der Waals surface area contributed by atoms with Crippen LogP contribution < -0.4 is 0 Å². The summed E-state index contributed by atoms with van der Waals surface area (Å²) in [7, 11) is 0. The largest absolute Gasteiger partial charge is 0.454 e. The van der Waals surface area contributed by atoms with Gasteiger partial charge in [-0.1, -0.05) is 39.3 Å². The summed E-state index contributed by atoms with van der Waals surface area (Å²) < 4.78 is 56.1. The van der Waals surface area contributed by atoms with E-state index in [2.05, 4.69) is 47.6 Å². The minimum atomic E-state index is -1.80. The smallest absolute Gasteiger partial charge is 0.303 e. The fourth-order valence-corrected chi connectivity index (χ4v) is 15.8. The number of carbonyl (C=O) groups is 1. The number of aliphatic hydroxyl groups is 8. The van der Waals surface area contributed by atoms with E-state index in [0.29, 0.717) is 25.4 Å². The van der Waals surface area contributed by atoms with Crippen molar-refractivity contribution in [3.05, 3.63) is 11.6 Å². The van der Waals surface area contributed by atoms with Gasteiger partial charge in [-0.3, -0.25) is 4.79 Å². The van der Waals surface area contributed by atoms with Gasteiger partial charge in [0.1, 0.15) is 54.9 Å². The molecule has 5 saturated heterocycles. The van der Waals surface area contributed by atoms with Gasteiger partial charge in [-0.25, -0.2) is 0 Å². The van der Waals surface area contributed by atoms with Gasteiger partial charge in [-0.05, 0) is 93.3 Å². The van der Waals surface area contributed by atoms with E-state index in [1.165, 1.54) is 6.92 Å². The molecule has 18 nitrogen and oxygen atoms in total. The molecule has 5 heterocycles. The van der Waals surface area contributed by atoms with Crippen molar-refractivity contribution in [2.24, 2.45) is 45.3 Å². The Morgan fingerprint density at radius 3 is 2.14 bits per heavy atom. The second-order valence-corrected chi connectivity index (χ2v) is 23.1. The van der Waals surface area contributed by atoms with E-state index >= 15 is 0 Å². The number of aliphatic hydroxyl groups excluding tert-OH is 7. The Morgan fingerprint density at radius 1 is 0.742 bits per heavy atom. The fourth-order valence-electron chi connectivity index (χ4n) is 15.8. The summed E-state index contributed by atoms with van der Waals surface area (Å²) in [6, 6.07) is 0. The number of fused-ring (bicyclic) bond motifs is 4. The maximum absolute atomic E-state index is 12.8. The van der Waals surface area contributed by atoms with E-state index < -0.39 is 116 Å². The fraction of sp³-hybridized carbons (Fsp3) is 0.938. The molecular formula is C48H76O18. The van der Waals surface area contributed by atoms with Gasteiger partial charge in [0.25, 0.3) is 0 Å². The van der Waals surface area contributed by atoms with Crippen molar-refractivity contribution in [1.29, 1.82) is 0 Å². The Morgan fingerprint density at radius 2 is 1.44 bits per heavy atom. The molecule has 0 aromatic rings. The lowest BCUT2D eigenvalue weighted by molar-refractivity contribution is -0.381. The summed E-state index contributed by atoms with van der Waals surface area (Å²) >= 11 is 0. The van der Waals surface area contributed by atoms with Crippen LogP contribution in [0.3, 0.4) is 0 Å². The first-order valence-corrected chi connectivity index (χ1v) is 24.3. The van der Waals surface area contributed by atoms with Gasteiger partial charge >= 0.3 is 5.97 Å². The molecule has 4 saturated carbocycles. The highest BCUT2D eigenvalue weighted by atomic mass is 16.8. The Kier molecular flexibility index (Phi) is 13.1. The van der Waals surface area contributed by atoms with Crippen LogP contribution in [-0.2, 0) is 47.4 Å². The molecule has 66 heavy (non-hydrogen) atoms. The lowest BCUT2D eigenvalue weighted by Gasteiger charge is -2.70. The third-order valence-corrected chi connectivity index (χ3v) is 18.6. The Hall–Kier alpha value is -1.43. The first kappa shape index (κ1) is 49.5. The van der Waals surface area contributed by atoms with E-state index in [0.717, 1.165) is 44.1 Å². The van der Waals surface area contributed by atoms with E-state index in [1.807, 2.05) is 6.92 Å². The highest BCUT2D eigenvalue weighted by Crippen LogP contribution is 2.80. The summed E-state index contributed by atoms with van der Waals surface area (Å²) in [5, 5.41) is 86.7. The summed E-state index contributed by atoms with van der Waals surface area (Å²) in [5.74, 6) is -0.730. The number of carbonyl (C=O) groups excluding carboxylic acids is 1. The molecule has 9 fully saturated rings. The Labute approximate surface area is 387 Å². The predicted molar refractivity (Wildman–Crippen MR) is 228 cm³/mol. The number of hydrogen-bond donors (Lipinski definition) is 8. The number of rotatable bonds is 9. The van der Waals surface area contributed by atoms with Crippen molar-refractivity contribution in [2.45, 2.75) is 210 Å². The van der Waals surface area contributed by atoms with Gasteiger partial charge in [0.05, 0.1) is 44.2 Å². The molecule has 2 bridgehead atoms. The second-order valence-electron chi connectivity index (χ2n) is 23.1. The average molecular weight is 941 g/mol. The number of esters is 1. The molecule has 9 aliphatic rings. The Bertz CT molecular complexity index is 1830. The zero-order valence-electron chi connectivity index (χ0n) is 39.7. The minimum Gasteiger partial charge on any atom is -0.454 e. The first-order chi connectivity index (χ1) is 30.9. The maximum atomic E-state index is 12.8. The molecule has 2 spiro atoms. The molecule has 376 valence electrons. The highest BCUT2D eigenvalue weighted by molar-refractivity contribution is 5.66. The zero-order valence-corrected chi connectivity index (χ0v) is 39.7. The topological polar surface area (TPSA) is 262 Å². The first-order valence-electron chi connectivity index (χ1n) is 24.3. The summed E-state index contributed by atoms with van der Waals surface area (Å²) in [5.41, 5.74) is -0.438. The lowest BCUT2D eigenvalue weighted by atomic mass is 9.35.